The Hall–Kier alpha value is -3.33. The number of anilines is 2. The molecule has 0 bridgehead atoms. The summed E-state index contributed by atoms with van der Waals surface area (Å²) in [5, 5.41) is 7.98. The van der Waals surface area contributed by atoms with Crippen molar-refractivity contribution in [1.29, 1.82) is 0 Å². The van der Waals surface area contributed by atoms with Gasteiger partial charge >= 0.3 is 6.09 Å². The van der Waals surface area contributed by atoms with Crippen LogP contribution in [-0.2, 0) is 4.74 Å². The lowest BCUT2D eigenvalue weighted by molar-refractivity contribution is 0.0607. The third-order valence-corrected chi connectivity index (χ3v) is 7.48. The number of piperidine rings is 1. The Kier molecular flexibility index (Phi) is 7.47. The average Bonchev–Trinajstić information content (AvgIpc) is 3.49. The van der Waals surface area contributed by atoms with Gasteiger partial charge in [0.2, 0.25) is 0 Å². The highest BCUT2D eigenvalue weighted by Gasteiger charge is 2.32. The van der Waals surface area contributed by atoms with Crippen molar-refractivity contribution in [3.63, 3.8) is 0 Å². The fraction of sp³-hybridized carbons (Fsp3) is 0.500. The van der Waals surface area contributed by atoms with Gasteiger partial charge in [0.1, 0.15) is 5.82 Å². The molecule has 10 heteroatoms. The van der Waals surface area contributed by atoms with Gasteiger partial charge in [-0.2, -0.15) is 5.10 Å². The van der Waals surface area contributed by atoms with Crippen molar-refractivity contribution in [3.05, 3.63) is 52.3 Å². The van der Waals surface area contributed by atoms with Gasteiger partial charge in [-0.15, -0.1) is 0 Å². The van der Waals surface area contributed by atoms with E-state index in [2.05, 4.69) is 24.1 Å². The normalized spacial score (nSPS) is 19.8. The van der Waals surface area contributed by atoms with E-state index < -0.39 is 6.09 Å². The first-order valence-electron chi connectivity index (χ1n) is 13.4. The second-order valence-electron chi connectivity index (χ2n) is 10.7. The minimum absolute atomic E-state index is 0.204. The van der Waals surface area contributed by atoms with E-state index in [9.17, 15) is 9.59 Å². The van der Waals surface area contributed by atoms with Crippen LogP contribution in [0.15, 0.2) is 30.5 Å². The van der Waals surface area contributed by atoms with Gasteiger partial charge in [-0.3, -0.25) is 10.1 Å². The first kappa shape index (κ1) is 26.3. The number of carbonyl (C=O) groups is 2. The molecule has 2 aliphatic heterocycles. The second-order valence-corrected chi connectivity index (χ2v) is 11.2. The summed E-state index contributed by atoms with van der Waals surface area (Å²) in [4.78, 5) is 35.4. The Labute approximate surface area is 228 Å². The molecule has 1 N–H and O–H groups in total. The fourth-order valence-electron chi connectivity index (χ4n) is 5.42. The SMILES string of the molecule is Cc1cn2nc([C@@H]3CCCCN3C(=O)c3cc(Cl)ccc3NC(=O)OC(C)C)cc2nc1N1CC[C@H](C)C1. The molecule has 0 radical (unpaired) electrons. The van der Waals surface area contributed by atoms with E-state index in [0.717, 1.165) is 55.1 Å². The highest BCUT2D eigenvalue weighted by molar-refractivity contribution is 6.31. The van der Waals surface area contributed by atoms with Crippen LogP contribution in [0.2, 0.25) is 5.02 Å². The number of rotatable bonds is 5. The fourth-order valence-corrected chi connectivity index (χ4v) is 5.59. The van der Waals surface area contributed by atoms with E-state index in [-0.39, 0.29) is 18.1 Å². The van der Waals surface area contributed by atoms with E-state index in [4.69, 9.17) is 26.4 Å². The number of nitrogens with zero attached hydrogens (tertiary/aromatic N) is 5. The van der Waals surface area contributed by atoms with E-state index >= 15 is 0 Å². The highest BCUT2D eigenvalue weighted by Crippen LogP contribution is 2.34. The van der Waals surface area contributed by atoms with E-state index in [0.29, 0.717) is 28.7 Å². The van der Waals surface area contributed by atoms with E-state index in [1.54, 1.807) is 32.0 Å². The molecule has 5 rings (SSSR count). The molecular formula is C28H35ClN6O3. The number of aromatic nitrogens is 3. The average molecular weight is 539 g/mol. The van der Waals surface area contributed by atoms with Gasteiger partial charge in [0, 0.05) is 42.5 Å². The number of amides is 2. The smallest absolute Gasteiger partial charge is 0.411 e. The van der Waals surface area contributed by atoms with Crippen molar-refractivity contribution in [2.75, 3.05) is 29.9 Å². The predicted molar refractivity (Wildman–Crippen MR) is 148 cm³/mol. The third kappa shape index (κ3) is 5.43. The molecule has 9 nitrogen and oxygen atoms in total. The maximum atomic E-state index is 13.9. The maximum Gasteiger partial charge on any atom is 0.411 e. The zero-order valence-corrected chi connectivity index (χ0v) is 23.2. The largest absolute Gasteiger partial charge is 0.447 e. The van der Waals surface area contributed by atoms with Crippen LogP contribution in [0.4, 0.5) is 16.3 Å². The number of ether oxygens (including phenoxy) is 1. The molecule has 2 aliphatic rings. The Morgan fingerprint density at radius 1 is 1.16 bits per heavy atom. The summed E-state index contributed by atoms with van der Waals surface area (Å²) in [5.74, 6) is 1.46. The minimum atomic E-state index is -0.614. The van der Waals surface area contributed by atoms with Crippen LogP contribution < -0.4 is 10.2 Å². The van der Waals surface area contributed by atoms with Crippen molar-refractivity contribution in [1.82, 2.24) is 19.5 Å². The van der Waals surface area contributed by atoms with Gasteiger partial charge in [-0.05, 0) is 70.6 Å². The second kappa shape index (κ2) is 10.8. The van der Waals surface area contributed by atoms with Crippen molar-refractivity contribution in [2.24, 2.45) is 5.92 Å². The lowest BCUT2D eigenvalue weighted by atomic mass is 9.98. The first-order valence-corrected chi connectivity index (χ1v) is 13.8. The summed E-state index contributed by atoms with van der Waals surface area (Å²) in [5.41, 5.74) is 3.37. The molecule has 2 aromatic heterocycles. The standard InChI is InChI=1S/C28H35ClN6O3/c1-17(2)38-28(37)30-22-9-8-20(29)13-21(22)27(36)34-11-6-5-7-24(34)23-14-25-31-26(19(4)16-35(25)32-23)33-12-10-18(3)15-33/h8-9,13-14,16-18,24H,5-7,10-12,15H2,1-4H3,(H,30,37)/t18-,24-/m0/s1. The molecule has 0 aliphatic carbocycles. The monoisotopic (exact) mass is 538 g/mol. The lowest BCUT2D eigenvalue weighted by Crippen LogP contribution is -2.39. The van der Waals surface area contributed by atoms with Crippen LogP contribution in [0.25, 0.3) is 5.65 Å². The van der Waals surface area contributed by atoms with Crippen LogP contribution in [0.1, 0.15) is 74.1 Å². The molecule has 3 aromatic rings. The molecule has 2 fully saturated rings. The number of carbonyl (C=O) groups excluding carboxylic acids is 2. The summed E-state index contributed by atoms with van der Waals surface area (Å²) < 4.78 is 7.04. The van der Waals surface area contributed by atoms with Crippen LogP contribution in [0, 0.1) is 12.8 Å². The van der Waals surface area contributed by atoms with Crippen molar-refractivity contribution >= 4 is 40.8 Å². The molecule has 2 saturated heterocycles. The number of aryl methyl sites for hydroxylation is 1. The van der Waals surface area contributed by atoms with Crippen LogP contribution in [0.3, 0.4) is 0 Å². The molecule has 0 unspecified atom stereocenters. The summed E-state index contributed by atoms with van der Waals surface area (Å²) >= 11 is 6.28. The van der Waals surface area contributed by atoms with Crippen LogP contribution >= 0.6 is 11.6 Å². The molecule has 0 saturated carbocycles. The number of fused-ring (bicyclic) bond motifs is 1. The lowest BCUT2D eigenvalue weighted by Gasteiger charge is -2.35. The van der Waals surface area contributed by atoms with Gasteiger partial charge in [-0.25, -0.2) is 14.3 Å². The molecule has 202 valence electrons. The Morgan fingerprint density at radius 2 is 1.97 bits per heavy atom. The summed E-state index contributed by atoms with van der Waals surface area (Å²) in [6.45, 7) is 10.5. The molecule has 2 atom stereocenters. The molecule has 0 spiro atoms. The summed E-state index contributed by atoms with van der Waals surface area (Å²) in [6, 6.07) is 6.66. The van der Waals surface area contributed by atoms with E-state index in [1.807, 2.05) is 21.7 Å². The molecule has 1 aromatic carbocycles. The zero-order chi connectivity index (χ0) is 27.0. The summed E-state index contributed by atoms with van der Waals surface area (Å²) in [6.07, 6.45) is 4.98. The van der Waals surface area contributed by atoms with Crippen molar-refractivity contribution in [3.8, 4) is 0 Å². The Morgan fingerprint density at radius 3 is 2.71 bits per heavy atom. The Bertz CT molecular complexity index is 1360. The quantitative estimate of drug-likeness (QED) is 0.437. The predicted octanol–water partition coefficient (Wildman–Crippen LogP) is 5.86. The van der Waals surface area contributed by atoms with Crippen LogP contribution in [0.5, 0.6) is 0 Å². The van der Waals surface area contributed by atoms with Gasteiger partial charge in [0.05, 0.1) is 29.1 Å². The van der Waals surface area contributed by atoms with Crippen molar-refractivity contribution in [2.45, 2.75) is 65.5 Å². The number of hydrogen-bond donors (Lipinski definition) is 1. The first-order chi connectivity index (χ1) is 18.2. The Balaban J connectivity index is 1.44. The molecule has 38 heavy (non-hydrogen) atoms. The van der Waals surface area contributed by atoms with Gasteiger partial charge in [0.15, 0.2) is 5.65 Å². The van der Waals surface area contributed by atoms with Crippen molar-refractivity contribution < 1.29 is 14.3 Å². The molecule has 2 amide bonds. The third-order valence-electron chi connectivity index (χ3n) is 7.24. The van der Waals surface area contributed by atoms with Gasteiger partial charge in [-0.1, -0.05) is 18.5 Å². The highest BCUT2D eigenvalue weighted by atomic mass is 35.5. The van der Waals surface area contributed by atoms with Gasteiger partial charge < -0.3 is 14.5 Å². The number of halogens is 1. The maximum absolute atomic E-state index is 13.9. The van der Waals surface area contributed by atoms with Gasteiger partial charge in [0.25, 0.3) is 5.91 Å². The zero-order valence-electron chi connectivity index (χ0n) is 22.4. The number of benzene rings is 1. The number of hydrogen-bond acceptors (Lipinski definition) is 6. The number of nitrogens with one attached hydrogen (secondary N) is 1. The van der Waals surface area contributed by atoms with E-state index in [1.165, 1.54) is 6.42 Å². The van der Waals surface area contributed by atoms with Crippen LogP contribution in [-0.4, -0.2) is 57.2 Å². The topological polar surface area (TPSA) is 92.1 Å². The minimum Gasteiger partial charge on any atom is -0.447 e. The molecule has 4 heterocycles. The summed E-state index contributed by atoms with van der Waals surface area (Å²) in [7, 11) is 0. The molecular weight excluding hydrogens is 504 g/mol. The number of likely N-dealkylation sites (tertiary alicyclic amines) is 1.